The summed E-state index contributed by atoms with van der Waals surface area (Å²) in [6.07, 6.45) is 1.59. The highest BCUT2D eigenvalue weighted by atomic mass is 32.2. The van der Waals surface area contributed by atoms with Gasteiger partial charge >= 0.3 is 0 Å². The van der Waals surface area contributed by atoms with Crippen molar-refractivity contribution in [3.05, 3.63) is 65.5 Å². The van der Waals surface area contributed by atoms with Crippen LogP contribution < -0.4 is 0 Å². The number of hydrogen-bond acceptors (Lipinski definition) is 5. The summed E-state index contributed by atoms with van der Waals surface area (Å²) in [6.45, 7) is 7.05. The van der Waals surface area contributed by atoms with Crippen LogP contribution in [-0.4, -0.2) is 36.0 Å². The highest BCUT2D eigenvalue weighted by Crippen LogP contribution is 2.31. The number of rotatable bonds is 5. The van der Waals surface area contributed by atoms with Gasteiger partial charge in [0.05, 0.1) is 10.8 Å². The molecule has 0 amide bonds. The fraction of sp³-hybridized carbons (Fsp3) is 0.391. The number of aryl methyl sites for hydroxylation is 1. The molecule has 1 aliphatic rings. The molecular formula is C23H27N3O3S. The molecule has 1 atom stereocenters. The molecule has 3 aromatic rings. The molecule has 30 heavy (non-hydrogen) atoms. The van der Waals surface area contributed by atoms with E-state index >= 15 is 0 Å². The normalized spacial score (nSPS) is 18.1. The van der Waals surface area contributed by atoms with Crippen molar-refractivity contribution in [3.8, 4) is 11.4 Å². The SMILES string of the molecule is Cc1cccc(-c2noc(C3CCCN(S(=O)(=O)c4ccc(C(C)C)cc4)C3)n2)c1. The van der Waals surface area contributed by atoms with Gasteiger partial charge in [-0.3, -0.25) is 0 Å². The molecule has 0 aliphatic carbocycles. The summed E-state index contributed by atoms with van der Waals surface area (Å²) < 4.78 is 33.4. The minimum Gasteiger partial charge on any atom is -0.339 e. The smallest absolute Gasteiger partial charge is 0.243 e. The predicted octanol–water partition coefficient (Wildman–Crippen LogP) is 4.74. The van der Waals surface area contributed by atoms with Crippen molar-refractivity contribution in [2.75, 3.05) is 13.1 Å². The van der Waals surface area contributed by atoms with Crippen molar-refractivity contribution in [3.63, 3.8) is 0 Å². The van der Waals surface area contributed by atoms with Gasteiger partial charge in [0.15, 0.2) is 0 Å². The Morgan fingerprint density at radius 3 is 2.60 bits per heavy atom. The van der Waals surface area contributed by atoms with Crippen molar-refractivity contribution in [2.45, 2.75) is 50.3 Å². The van der Waals surface area contributed by atoms with E-state index in [-0.39, 0.29) is 5.92 Å². The second-order valence-electron chi connectivity index (χ2n) is 8.25. The molecule has 1 aliphatic heterocycles. The van der Waals surface area contributed by atoms with E-state index in [9.17, 15) is 8.42 Å². The monoisotopic (exact) mass is 425 g/mol. The fourth-order valence-corrected chi connectivity index (χ4v) is 5.36. The number of nitrogens with zero attached hydrogens (tertiary/aromatic N) is 3. The predicted molar refractivity (Wildman–Crippen MR) is 116 cm³/mol. The molecule has 7 heteroatoms. The van der Waals surface area contributed by atoms with Crippen LogP contribution in [0.15, 0.2) is 57.9 Å². The van der Waals surface area contributed by atoms with Gasteiger partial charge in [-0.15, -0.1) is 0 Å². The Morgan fingerprint density at radius 1 is 1.13 bits per heavy atom. The van der Waals surface area contributed by atoms with Gasteiger partial charge in [-0.1, -0.05) is 54.9 Å². The largest absolute Gasteiger partial charge is 0.339 e. The molecule has 2 aromatic carbocycles. The average Bonchev–Trinajstić information content (AvgIpc) is 3.24. The summed E-state index contributed by atoms with van der Waals surface area (Å²) in [6, 6.07) is 15.1. The van der Waals surface area contributed by atoms with Gasteiger partial charge in [0.1, 0.15) is 0 Å². The number of hydrogen-bond donors (Lipinski definition) is 0. The van der Waals surface area contributed by atoms with Crippen LogP contribution in [0.2, 0.25) is 0 Å². The van der Waals surface area contributed by atoms with Gasteiger partial charge in [-0.05, 0) is 49.4 Å². The first-order chi connectivity index (χ1) is 14.3. The van der Waals surface area contributed by atoms with Gasteiger partial charge in [0, 0.05) is 18.7 Å². The highest BCUT2D eigenvalue weighted by molar-refractivity contribution is 7.89. The molecule has 4 rings (SSSR count). The van der Waals surface area contributed by atoms with E-state index in [4.69, 9.17) is 4.52 Å². The third kappa shape index (κ3) is 4.18. The quantitative estimate of drug-likeness (QED) is 0.590. The molecule has 158 valence electrons. The third-order valence-corrected chi connectivity index (χ3v) is 7.52. The lowest BCUT2D eigenvalue weighted by Crippen LogP contribution is -2.39. The number of aromatic nitrogens is 2. The molecule has 0 bridgehead atoms. The Bertz CT molecular complexity index is 1120. The summed E-state index contributed by atoms with van der Waals surface area (Å²) in [5.74, 6) is 1.30. The van der Waals surface area contributed by atoms with E-state index in [0.717, 1.165) is 29.5 Å². The van der Waals surface area contributed by atoms with Crippen LogP contribution in [0.1, 0.15) is 55.5 Å². The topological polar surface area (TPSA) is 76.3 Å². The summed E-state index contributed by atoms with van der Waals surface area (Å²) in [4.78, 5) is 4.90. The molecule has 0 saturated carbocycles. The van der Waals surface area contributed by atoms with Crippen LogP contribution in [0, 0.1) is 6.92 Å². The van der Waals surface area contributed by atoms with Crippen molar-refractivity contribution >= 4 is 10.0 Å². The Labute approximate surface area is 178 Å². The van der Waals surface area contributed by atoms with Crippen molar-refractivity contribution in [2.24, 2.45) is 0 Å². The fourth-order valence-electron chi connectivity index (χ4n) is 3.84. The van der Waals surface area contributed by atoms with Crippen LogP contribution in [0.4, 0.5) is 0 Å². The molecule has 0 N–H and O–H groups in total. The maximum Gasteiger partial charge on any atom is 0.243 e. The Hall–Kier alpha value is -2.51. The molecule has 0 spiro atoms. The molecule has 1 unspecified atom stereocenters. The van der Waals surface area contributed by atoms with E-state index in [1.54, 1.807) is 16.4 Å². The molecule has 1 saturated heterocycles. The number of benzene rings is 2. The Kier molecular flexibility index (Phi) is 5.75. The second kappa shape index (κ2) is 8.32. The first-order valence-corrected chi connectivity index (χ1v) is 11.8. The number of sulfonamides is 1. The maximum atomic E-state index is 13.2. The van der Waals surface area contributed by atoms with Crippen molar-refractivity contribution in [1.82, 2.24) is 14.4 Å². The molecule has 0 radical (unpaired) electrons. The molecule has 2 heterocycles. The van der Waals surface area contributed by atoms with Gasteiger partial charge in [0.2, 0.25) is 21.7 Å². The zero-order valence-corrected chi connectivity index (χ0v) is 18.4. The van der Waals surface area contributed by atoms with Crippen LogP contribution in [0.25, 0.3) is 11.4 Å². The molecule has 1 aromatic heterocycles. The van der Waals surface area contributed by atoms with Gasteiger partial charge < -0.3 is 4.52 Å². The standard InChI is InChI=1S/C23H27N3O3S/c1-16(2)18-9-11-21(12-10-18)30(27,28)26-13-5-8-20(15-26)23-24-22(25-29-23)19-7-4-6-17(3)14-19/h4,6-7,9-12,14,16,20H,5,8,13,15H2,1-3H3. The first-order valence-electron chi connectivity index (χ1n) is 10.4. The Balaban J connectivity index is 1.53. The second-order valence-corrected chi connectivity index (χ2v) is 10.2. The third-order valence-electron chi connectivity index (χ3n) is 5.64. The van der Waals surface area contributed by atoms with Crippen LogP contribution in [-0.2, 0) is 10.0 Å². The van der Waals surface area contributed by atoms with Crippen LogP contribution in [0.5, 0.6) is 0 Å². The zero-order chi connectivity index (χ0) is 21.3. The van der Waals surface area contributed by atoms with Crippen molar-refractivity contribution < 1.29 is 12.9 Å². The first kappa shape index (κ1) is 20.8. The summed E-state index contributed by atoms with van der Waals surface area (Å²) >= 11 is 0. The zero-order valence-electron chi connectivity index (χ0n) is 17.6. The van der Waals surface area contributed by atoms with Crippen LogP contribution >= 0.6 is 0 Å². The molecule has 6 nitrogen and oxygen atoms in total. The lowest BCUT2D eigenvalue weighted by Gasteiger charge is -2.30. The molecular weight excluding hydrogens is 398 g/mol. The van der Waals surface area contributed by atoms with Gasteiger partial charge in [-0.2, -0.15) is 9.29 Å². The van der Waals surface area contributed by atoms with E-state index in [1.807, 2.05) is 43.3 Å². The van der Waals surface area contributed by atoms with Gasteiger partial charge in [-0.25, -0.2) is 8.42 Å². The van der Waals surface area contributed by atoms with Crippen molar-refractivity contribution in [1.29, 1.82) is 0 Å². The highest BCUT2D eigenvalue weighted by Gasteiger charge is 2.33. The lowest BCUT2D eigenvalue weighted by molar-refractivity contribution is 0.265. The maximum absolute atomic E-state index is 13.2. The lowest BCUT2D eigenvalue weighted by atomic mass is 10.00. The Morgan fingerprint density at radius 2 is 1.90 bits per heavy atom. The summed E-state index contributed by atoms with van der Waals surface area (Å²) in [5, 5.41) is 4.12. The average molecular weight is 426 g/mol. The van der Waals surface area contributed by atoms with E-state index in [2.05, 4.69) is 24.0 Å². The van der Waals surface area contributed by atoms with Crippen LogP contribution in [0.3, 0.4) is 0 Å². The van der Waals surface area contributed by atoms with E-state index in [1.165, 1.54) is 0 Å². The molecule has 1 fully saturated rings. The minimum atomic E-state index is -3.55. The van der Waals surface area contributed by atoms with E-state index in [0.29, 0.717) is 35.6 Å². The van der Waals surface area contributed by atoms with E-state index < -0.39 is 10.0 Å². The van der Waals surface area contributed by atoms with Gasteiger partial charge in [0.25, 0.3) is 0 Å². The summed E-state index contributed by atoms with van der Waals surface area (Å²) in [5.41, 5.74) is 3.15. The minimum absolute atomic E-state index is 0.102. The number of piperidine rings is 1. The summed E-state index contributed by atoms with van der Waals surface area (Å²) in [7, 11) is -3.55.